The first-order chi connectivity index (χ1) is 6.66. The molecule has 0 aromatic carbocycles. The maximum Gasteiger partial charge on any atom is 0.411 e. The van der Waals surface area contributed by atoms with E-state index in [-0.39, 0.29) is 0 Å². The van der Waals surface area contributed by atoms with E-state index in [1.54, 1.807) is 14.2 Å². The van der Waals surface area contributed by atoms with Crippen molar-refractivity contribution in [1.82, 2.24) is 0 Å². The molecule has 0 unspecified atom stereocenters. The summed E-state index contributed by atoms with van der Waals surface area (Å²) in [5.41, 5.74) is 0. The zero-order valence-electron chi connectivity index (χ0n) is 9.66. The third kappa shape index (κ3) is 7.19. The molecule has 0 heterocycles. The molecule has 0 aromatic heterocycles. The highest BCUT2D eigenvalue weighted by atomic mass is 17.0. The number of methoxy groups -OCH3 is 6. The second kappa shape index (κ2) is 10.8. The van der Waals surface area contributed by atoms with Crippen LogP contribution in [0.15, 0.2) is 0 Å². The lowest BCUT2D eigenvalue weighted by Crippen LogP contribution is -2.37. The average molecular weight is 212 g/mol. The van der Waals surface area contributed by atoms with Gasteiger partial charge in [-0.3, -0.25) is 0 Å². The van der Waals surface area contributed by atoms with Gasteiger partial charge in [0.15, 0.2) is 0 Å². The zero-order chi connectivity index (χ0) is 11.4. The molecule has 88 valence electrons. The summed E-state index contributed by atoms with van der Waals surface area (Å²) in [4.78, 5) is 0. The Morgan fingerprint density at radius 1 is 0.643 bits per heavy atom. The minimum absolute atomic E-state index is 0.389. The van der Waals surface area contributed by atoms with Gasteiger partial charge in [-0.2, -0.15) is 0 Å². The number of ether oxygens (including phenoxy) is 6. The van der Waals surface area contributed by atoms with Crippen LogP contribution in [-0.2, 0) is 28.4 Å². The Morgan fingerprint density at radius 2 is 0.929 bits per heavy atom. The SMILES string of the molecule is COC(OC)(OC)OC.COCOC. The molecule has 6 nitrogen and oxygen atoms in total. The van der Waals surface area contributed by atoms with E-state index in [2.05, 4.69) is 9.47 Å². The zero-order valence-corrected chi connectivity index (χ0v) is 9.66. The molecule has 0 spiro atoms. The van der Waals surface area contributed by atoms with E-state index < -0.39 is 6.16 Å². The first-order valence-corrected chi connectivity index (χ1v) is 3.84. The number of rotatable bonds is 6. The Hall–Kier alpha value is -0.240. The molecule has 6 heteroatoms. The molecule has 0 aliphatic rings. The van der Waals surface area contributed by atoms with Crippen LogP contribution in [0.25, 0.3) is 0 Å². The molecule has 0 aromatic rings. The van der Waals surface area contributed by atoms with Gasteiger partial charge in [-0.15, -0.1) is 0 Å². The minimum atomic E-state index is -1.33. The lowest BCUT2D eigenvalue weighted by molar-refractivity contribution is -0.472. The summed E-state index contributed by atoms with van der Waals surface area (Å²) in [6.45, 7) is 0.389. The summed E-state index contributed by atoms with van der Waals surface area (Å²) in [7, 11) is 8.88. The largest absolute Gasteiger partial charge is 0.411 e. The normalized spacial score (nSPS) is 10.7. The van der Waals surface area contributed by atoms with Crippen LogP contribution in [0.4, 0.5) is 0 Å². The van der Waals surface area contributed by atoms with Gasteiger partial charge in [0.25, 0.3) is 0 Å². The maximum absolute atomic E-state index is 4.72. The van der Waals surface area contributed by atoms with E-state index in [0.29, 0.717) is 6.79 Å². The Morgan fingerprint density at radius 3 is 0.929 bits per heavy atom. The van der Waals surface area contributed by atoms with Crippen LogP contribution in [0.2, 0.25) is 0 Å². The average Bonchev–Trinajstić information content (AvgIpc) is 2.24. The molecule has 0 radical (unpaired) electrons. The molecule has 14 heavy (non-hydrogen) atoms. The molecule has 0 saturated heterocycles. The van der Waals surface area contributed by atoms with Crippen molar-refractivity contribution >= 4 is 0 Å². The highest BCUT2D eigenvalue weighted by Crippen LogP contribution is 2.10. The van der Waals surface area contributed by atoms with Gasteiger partial charge in [0.1, 0.15) is 6.79 Å². The van der Waals surface area contributed by atoms with Gasteiger partial charge < -0.3 is 28.4 Å². The van der Waals surface area contributed by atoms with Crippen molar-refractivity contribution in [3.05, 3.63) is 0 Å². The van der Waals surface area contributed by atoms with Crippen molar-refractivity contribution in [2.45, 2.75) is 6.16 Å². The lowest BCUT2D eigenvalue weighted by atomic mass is 11.0. The number of hydrogen-bond acceptors (Lipinski definition) is 6. The van der Waals surface area contributed by atoms with E-state index in [1.165, 1.54) is 28.4 Å². The summed E-state index contributed by atoms with van der Waals surface area (Å²) in [5, 5.41) is 0. The van der Waals surface area contributed by atoms with E-state index in [1.807, 2.05) is 0 Å². The first kappa shape index (κ1) is 16.2. The van der Waals surface area contributed by atoms with Crippen LogP contribution in [-0.4, -0.2) is 55.6 Å². The van der Waals surface area contributed by atoms with Gasteiger partial charge in [-0.05, 0) is 0 Å². The lowest BCUT2D eigenvalue weighted by Gasteiger charge is -2.25. The smallest absolute Gasteiger partial charge is 0.359 e. The van der Waals surface area contributed by atoms with Gasteiger partial charge in [-0.1, -0.05) is 0 Å². The number of hydrogen-bond donors (Lipinski definition) is 0. The first-order valence-electron chi connectivity index (χ1n) is 3.84. The van der Waals surface area contributed by atoms with Crippen LogP contribution >= 0.6 is 0 Å². The summed E-state index contributed by atoms with van der Waals surface area (Å²) in [6.07, 6.45) is -1.33. The van der Waals surface area contributed by atoms with Crippen molar-refractivity contribution < 1.29 is 28.4 Å². The molecule has 0 fully saturated rings. The van der Waals surface area contributed by atoms with Crippen molar-refractivity contribution in [3.8, 4) is 0 Å². The van der Waals surface area contributed by atoms with Gasteiger partial charge in [-0.25, -0.2) is 0 Å². The molecule has 0 rings (SSSR count). The third-order valence-electron chi connectivity index (χ3n) is 1.24. The summed E-state index contributed by atoms with van der Waals surface area (Å²) < 4.78 is 27.8. The van der Waals surface area contributed by atoms with Crippen molar-refractivity contribution in [1.29, 1.82) is 0 Å². The highest BCUT2D eigenvalue weighted by Gasteiger charge is 2.28. The van der Waals surface area contributed by atoms with E-state index >= 15 is 0 Å². The van der Waals surface area contributed by atoms with E-state index in [0.717, 1.165) is 0 Å². The van der Waals surface area contributed by atoms with Gasteiger partial charge in [0.05, 0.1) is 0 Å². The van der Waals surface area contributed by atoms with Crippen molar-refractivity contribution in [2.75, 3.05) is 49.5 Å². The molecule has 0 N–H and O–H groups in total. The second-order valence-corrected chi connectivity index (χ2v) is 2.01. The van der Waals surface area contributed by atoms with Crippen molar-refractivity contribution in [2.24, 2.45) is 0 Å². The molecule has 0 bridgehead atoms. The highest BCUT2D eigenvalue weighted by molar-refractivity contribution is 4.30. The molecular weight excluding hydrogens is 192 g/mol. The van der Waals surface area contributed by atoms with Crippen LogP contribution in [0, 0.1) is 0 Å². The third-order valence-corrected chi connectivity index (χ3v) is 1.24. The monoisotopic (exact) mass is 212 g/mol. The van der Waals surface area contributed by atoms with Crippen molar-refractivity contribution in [3.63, 3.8) is 0 Å². The predicted molar refractivity (Wildman–Crippen MR) is 49.7 cm³/mol. The Bertz CT molecular complexity index is 84.5. The van der Waals surface area contributed by atoms with Crippen LogP contribution < -0.4 is 0 Å². The van der Waals surface area contributed by atoms with Crippen LogP contribution in [0.1, 0.15) is 0 Å². The summed E-state index contributed by atoms with van der Waals surface area (Å²) >= 11 is 0. The fourth-order valence-corrected chi connectivity index (χ4v) is 0.618. The van der Waals surface area contributed by atoms with Crippen LogP contribution in [0.3, 0.4) is 0 Å². The predicted octanol–water partition coefficient (Wildman–Crippen LogP) is 0.420. The molecular formula is C8H20O6. The fourth-order valence-electron chi connectivity index (χ4n) is 0.618. The second-order valence-electron chi connectivity index (χ2n) is 2.01. The minimum Gasteiger partial charge on any atom is -0.359 e. The molecule has 0 atom stereocenters. The molecule has 0 saturated carbocycles. The Balaban J connectivity index is 0. The van der Waals surface area contributed by atoms with E-state index in [9.17, 15) is 0 Å². The maximum atomic E-state index is 4.72. The topological polar surface area (TPSA) is 55.4 Å². The summed E-state index contributed by atoms with van der Waals surface area (Å²) in [6, 6.07) is 0. The van der Waals surface area contributed by atoms with Gasteiger partial charge >= 0.3 is 6.16 Å². The van der Waals surface area contributed by atoms with Gasteiger partial charge in [0.2, 0.25) is 0 Å². The van der Waals surface area contributed by atoms with Crippen LogP contribution in [0.5, 0.6) is 0 Å². The Labute approximate surface area is 85.0 Å². The van der Waals surface area contributed by atoms with E-state index in [4.69, 9.17) is 18.9 Å². The van der Waals surface area contributed by atoms with Gasteiger partial charge in [0, 0.05) is 42.7 Å². The molecule has 0 amide bonds. The quantitative estimate of drug-likeness (QED) is 0.595. The summed E-state index contributed by atoms with van der Waals surface area (Å²) in [5.74, 6) is 0. The Kier molecular flexibility index (Phi) is 12.5. The fraction of sp³-hybridized carbons (Fsp3) is 1.00. The molecule has 0 aliphatic heterocycles. The standard InChI is InChI=1S/C5H12O4.C3H8O2/c1-6-5(7-2,8-3)9-4;1-4-3-5-2/h1-4H3;3H2,1-2H3. The molecule has 0 aliphatic carbocycles.